The first kappa shape index (κ1) is 11.4. The van der Waals surface area contributed by atoms with Crippen molar-refractivity contribution in [1.82, 2.24) is 20.2 Å². The van der Waals surface area contributed by atoms with Crippen LogP contribution in [0.2, 0.25) is 0 Å². The highest BCUT2D eigenvalue weighted by atomic mass is 16.4. The molecule has 1 heterocycles. The molecule has 3 aliphatic rings. The van der Waals surface area contributed by atoms with Crippen LogP contribution in [0.25, 0.3) is 0 Å². The third-order valence-electron chi connectivity index (χ3n) is 5.58. The van der Waals surface area contributed by atoms with Crippen LogP contribution in [0.1, 0.15) is 44.9 Å². The summed E-state index contributed by atoms with van der Waals surface area (Å²) in [6.45, 7) is 3.31. The van der Waals surface area contributed by atoms with Crippen molar-refractivity contribution in [2.45, 2.75) is 44.6 Å². The fourth-order valence-electron chi connectivity index (χ4n) is 4.56. The van der Waals surface area contributed by atoms with E-state index in [1.165, 1.54) is 23.9 Å². The lowest BCUT2D eigenvalue weighted by Crippen LogP contribution is -2.38. The molecule has 19 heavy (non-hydrogen) atoms. The topological polar surface area (TPSA) is 80.9 Å². The summed E-state index contributed by atoms with van der Waals surface area (Å²) in [6, 6.07) is 0. The van der Waals surface area contributed by atoms with Crippen LogP contribution in [0.15, 0.2) is 0 Å². The Morgan fingerprint density at radius 1 is 1.32 bits per heavy atom. The monoisotopic (exact) mass is 262 g/mol. The summed E-state index contributed by atoms with van der Waals surface area (Å²) >= 11 is 0. The van der Waals surface area contributed by atoms with Crippen LogP contribution in [-0.4, -0.2) is 31.3 Å². The number of hydrogen-bond acceptors (Lipinski definition) is 4. The SMILES string of the molecule is CC(C)(C(=O)O)n1nnnc1C1C2C3CCC(C3)C12. The Kier molecular flexibility index (Phi) is 2.00. The van der Waals surface area contributed by atoms with Gasteiger partial charge in [-0.3, -0.25) is 0 Å². The smallest absolute Gasteiger partial charge is 0.331 e. The lowest BCUT2D eigenvalue weighted by atomic mass is 10.0. The van der Waals surface area contributed by atoms with Crippen LogP contribution < -0.4 is 0 Å². The maximum absolute atomic E-state index is 11.4. The molecule has 2 bridgehead atoms. The maximum Gasteiger partial charge on any atom is 0.331 e. The summed E-state index contributed by atoms with van der Waals surface area (Å²) in [7, 11) is 0. The number of rotatable bonds is 3. The summed E-state index contributed by atoms with van der Waals surface area (Å²) in [5, 5.41) is 21.2. The highest BCUT2D eigenvalue weighted by molar-refractivity contribution is 5.75. The molecule has 0 spiro atoms. The summed E-state index contributed by atoms with van der Waals surface area (Å²) < 4.78 is 1.53. The normalized spacial score (nSPS) is 39.4. The van der Waals surface area contributed by atoms with E-state index in [2.05, 4.69) is 15.5 Å². The van der Waals surface area contributed by atoms with E-state index in [4.69, 9.17) is 0 Å². The Labute approximate surface area is 111 Å². The van der Waals surface area contributed by atoms with E-state index in [1.54, 1.807) is 13.8 Å². The fourth-order valence-corrected chi connectivity index (χ4v) is 4.56. The van der Waals surface area contributed by atoms with Crippen LogP contribution in [0, 0.1) is 23.7 Å². The fraction of sp³-hybridized carbons (Fsp3) is 0.846. The molecule has 0 aromatic carbocycles. The molecule has 102 valence electrons. The molecule has 3 aliphatic carbocycles. The minimum Gasteiger partial charge on any atom is -0.479 e. The van der Waals surface area contributed by atoms with Gasteiger partial charge in [0.15, 0.2) is 11.4 Å². The molecule has 6 nitrogen and oxygen atoms in total. The van der Waals surface area contributed by atoms with Gasteiger partial charge in [0.25, 0.3) is 0 Å². The first-order valence-corrected chi connectivity index (χ1v) is 7.04. The molecule has 4 rings (SSSR count). The number of carbonyl (C=O) groups is 1. The number of carboxylic acids is 1. The Balaban J connectivity index is 1.68. The molecule has 1 aromatic heterocycles. The van der Waals surface area contributed by atoms with Crippen LogP contribution in [0.4, 0.5) is 0 Å². The zero-order valence-corrected chi connectivity index (χ0v) is 11.2. The first-order valence-electron chi connectivity index (χ1n) is 7.04. The molecule has 1 N–H and O–H groups in total. The highest BCUT2D eigenvalue weighted by Crippen LogP contribution is 2.72. The summed E-state index contributed by atoms with van der Waals surface area (Å²) in [5.41, 5.74) is -1.07. The number of fused-ring (bicyclic) bond motifs is 5. The third-order valence-corrected chi connectivity index (χ3v) is 5.58. The van der Waals surface area contributed by atoms with Gasteiger partial charge in [-0.15, -0.1) is 5.10 Å². The van der Waals surface area contributed by atoms with E-state index in [9.17, 15) is 9.90 Å². The van der Waals surface area contributed by atoms with Gasteiger partial charge in [-0.1, -0.05) is 0 Å². The average molecular weight is 262 g/mol. The van der Waals surface area contributed by atoms with E-state index in [0.717, 1.165) is 17.7 Å². The van der Waals surface area contributed by atoms with Crippen molar-refractivity contribution in [2.24, 2.45) is 23.7 Å². The molecule has 4 atom stereocenters. The van der Waals surface area contributed by atoms with Crippen LogP contribution in [0.5, 0.6) is 0 Å². The van der Waals surface area contributed by atoms with Crippen molar-refractivity contribution < 1.29 is 9.90 Å². The van der Waals surface area contributed by atoms with Crippen molar-refractivity contribution >= 4 is 5.97 Å². The number of hydrogen-bond donors (Lipinski definition) is 1. The van der Waals surface area contributed by atoms with Gasteiger partial charge in [-0.2, -0.15) is 0 Å². The van der Waals surface area contributed by atoms with Crippen LogP contribution >= 0.6 is 0 Å². The van der Waals surface area contributed by atoms with Gasteiger partial charge in [0.05, 0.1) is 0 Å². The Bertz CT molecular complexity index is 537. The summed E-state index contributed by atoms with van der Waals surface area (Å²) in [6.07, 6.45) is 4.05. The zero-order valence-electron chi connectivity index (χ0n) is 11.2. The second kappa shape index (κ2) is 3.35. The number of aromatic nitrogens is 4. The van der Waals surface area contributed by atoms with Gasteiger partial charge >= 0.3 is 5.97 Å². The largest absolute Gasteiger partial charge is 0.479 e. The van der Waals surface area contributed by atoms with Crippen molar-refractivity contribution in [2.75, 3.05) is 0 Å². The molecule has 0 aliphatic heterocycles. The van der Waals surface area contributed by atoms with Gasteiger partial charge in [0.2, 0.25) is 0 Å². The van der Waals surface area contributed by atoms with E-state index >= 15 is 0 Å². The number of carboxylic acid groups (broad SMARTS) is 1. The Morgan fingerprint density at radius 3 is 2.53 bits per heavy atom. The Hall–Kier alpha value is -1.46. The van der Waals surface area contributed by atoms with Gasteiger partial charge in [-0.05, 0) is 67.2 Å². The van der Waals surface area contributed by atoms with Crippen LogP contribution in [-0.2, 0) is 10.3 Å². The average Bonchev–Trinajstić information content (AvgIpc) is 2.80. The van der Waals surface area contributed by atoms with E-state index in [0.29, 0.717) is 17.8 Å². The maximum atomic E-state index is 11.4. The van der Waals surface area contributed by atoms with Crippen molar-refractivity contribution in [1.29, 1.82) is 0 Å². The quantitative estimate of drug-likeness (QED) is 0.886. The van der Waals surface area contributed by atoms with E-state index in [1.807, 2.05) is 0 Å². The number of aliphatic carboxylic acids is 1. The second-order valence-electron chi connectivity index (χ2n) is 6.83. The van der Waals surface area contributed by atoms with Crippen molar-refractivity contribution in [3.8, 4) is 0 Å². The minimum atomic E-state index is -1.07. The van der Waals surface area contributed by atoms with Crippen LogP contribution in [0.3, 0.4) is 0 Å². The molecule has 3 fully saturated rings. The summed E-state index contributed by atoms with van der Waals surface area (Å²) in [5.74, 6) is 3.39. The lowest BCUT2D eigenvalue weighted by Gasteiger charge is -2.21. The molecule has 4 unspecified atom stereocenters. The molecular weight excluding hydrogens is 244 g/mol. The predicted octanol–water partition coefficient (Wildman–Crippen LogP) is 1.25. The summed E-state index contributed by atoms with van der Waals surface area (Å²) in [4.78, 5) is 11.4. The van der Waals surface area contributed by atoms with Gasteiger partial charge < -0.3 is 5.11 Å². The predicted molar refractivity (Wildman–Crippen MR) is 65.3 cm³/mol. The molecule has 1 aromatic rings. The molecule has 3 saturated carbocycles. The van der Waals surface area contributed by atoms with Gasteiger partial charge in [0.1, 0.15) is 0 Å². The Morgan fingerprint density at radius 2 is 1.95 bits per heavy atom. The number of tetrazole rings is 1. The minimum absolute atomic E-state index is 0.403. The standard InChI is InChI=1S/C13H18N4O2/c1-13(2,12(18)19)17-11(14-15-16-17)10-8-6-3-4-7(5-6)9(8)10/h6-10H,3-5H2,1-2H3,(H,18,19). The van der Waals surface area contributed by atoms with Gasteiger partial charge in [-0.25, -0.2) is 9.48 Å². The highest BCUT2D eigenvalue weighted by Gasteiger charge is 2.67. The van der Waals surface area contributed by atoms with Crippen molar-refractivity contribution in [3.63, 3.8) is 0 Å². The third kappa shape index (κ3) is 1.32. The second-order valence-corrected chi connectivity index (χ2v) is 6.83. The van der Waals surface area contributed by atoms with Gasteiger partial charge in [0, 0.05) is 5.92 Å². The number of nitrogens with zero attached hydrogens (tertiary/aromatic N) is 4. The molecule has 0 saturated heterocycles. The zero-order chi connectivity index (χ0) is 13.4. The molecular formula is C13H18N4O2. The molecule has 6 heteroatoms. The van der Waals surface area contributed by atoms with E-state index < -0.39 is 11.5 Å². The lowest BCUT2D eigenvalue weighted by molar-refractivity contribution is -0.146. The first-order chi connectivity index (χ1) is 9.01. The molecule has 0 radical (unpaired) electrons. The van der Waals surface area contributed by atoms with E-state index in [-0.39, 0.29) is 0 Å². The van der Waals surface area contributed by atoms with Crippen molar-refractivity contribution in [3.05, 3.63) is 5.82 Å². The molecule has 0 amide bonds.